The minimum absolute atomic E-state index is 0.000405. The number of amides is 1. The Bertz CT molecular complexity index is 685. The first-order chi connectivity index (χ1) is 10.6. The number of sulfonamides is 1. The van der Waals surface area contributed by atoms with Crippen molar-refractivity contribution >= 4 is 21.9 Å². The van der Waals surface area contributed by atoms with Gasteiger partial charge in [-0.25, -0.2) is 18.4 Å². The fraction of sp³-hybridized carbons (Fsp3) is 0.467. The molecule has 3 N–H and O–H groups in total. The molecule has 0 aliphatic carbocycles. The molecular weight excluding hydrogens is 320 g/mol. The molecule has 1 aromatic rings. The van der Waals surface area contributed by atoms with Crippen molar-refractivity contribution in [2.24, 2.45) is 5.14 Å². The standard InChI is InChI=1S/C15H22N2O5S/c1-4-5-11(3)17-14(18)9-22-15(19)12-7-6-10(2)13(8-12)23(16,20)21/h6-8,11H,4-5,9H2,1-3H3,(H,17,18)(H2,16,20,21). The monoisotopic (exact) mass is 342 g/mol. The first kappa shape index (κ1) is 19.1. The van der Waals surface area contributed by atoms with E-state index >= 15 is 0 Å². The zero-order chi connectivity index (χ0) is 17.6. The van der Waals surface area contributed by atoms with Gasteiger partial charge in [0.25, 0.3) is 5.91 Å². The fourth-order valence-electron chi connectivity index (χ4n) is 2.07. The molecule has 1 atom stereocenters. The number of nitrogens with one attached hydrogen (secondary N) is 1. The van der Waals surface area contributed by atoms with E-state index in [1.807, 2.05) is 13.8 Å². The average molecular weight is 342 g/mol. The summed E-state index contributed by atoms with van der Waals surface area (Å²) in [7, 11) is -3.93. The number of rotatable bonds is 7. The van der Waals surface area contributed by atoms with Gasteiger partial charge in [-0.3, -0.25) is 4.79 Å². The normalized spacial score (nSPS) is 12.5. The number of ether oxygens (including phenoxy) is 1. The van der Waals surface area contributed by atoms with Gasteiger partial charge in [0.15, 0.2) is 6.61 Å². The lowest BCUT2D eigenvalue weighted by Crippen LogP contribution is -2.35. The summed E-state index contributed by atoms with van der Waals surface area (Å²) in [5, 5.41) is 7.79. The number of benzene rings is 1. The fourth-order valence-corrected chi connectivity index (χ4v) is 2.88. The van der Waals surface area contributed by atoms with Gasteiger partial charge in [0.2, 0.25) is 10.0 Å². The van der Waals surface area contributed by atoms with Crippen molar-refractivity contribution in [3.05, 3.63) is 29.3 Å². The van der Waals surface area contributed by atoms with E-state index in [-0.39, 0.29) is 16.5 Å². The van der Waals surface area contributed by atoms with Crippen molar-refractivity contribution < 1.29 is 22.7 Å². The molecule has 1 amide bonds. The highest BCUT2D eigenvalue weighted by Crippen LogP contribution is 2.16. The predicted molar refractivity (Wildman–Crippen MR) is 85.3 cm³/mol. The number of carbonyl (C=O) groups excluding carboxylic acids is 2. The molecular formula is C15H22N2O5S. The average Bonchev–Trinajstić information content (AvgIpc) is 2.44. The number of carbonyl (C=O) groups is 2. The van der Waals surface area contributed by atoms with Crippen molar-refractivity contribution in [3.63, 3.8) is 0 Å². The number of primary sulfonamides is 1. The van der Waals surface area contributed by atoms with E-state index in [9.17, 15) is 18.0 Å². The summed E-state index contributed by atoms with van der Waals surface area (Å²) in [5.41, 5.74) is 0.448. The van der Waals surface area contributed by atoms with Gasteiger partial charge in [0, 0.05) is 6.04 Å². The van der Waals surface area contributed by atoms with E-state index < -0.39 is 28.5 Å². The highest BCUT2D eigenvalue weighted by atomic mass is 32.2. The maximum absolute atomic E-state index is 11.9. The van der Waals surface area contributed by atoms with Crippen molar-refractivity contribution in [1.82, 2.24) is 5.32 Å². The molecule has 1 rings (SSSR count). The molecule has 0 saturated carbocycles. The Kier molecular flexibility index (Phi) is 6.71. The zero-order valence-electron chi connectivity index (χ0n) is 13.5. The molecule has 8 heteroatoms. The van der Waals surface area contributed by atoms with E-state index in [1.54, 1.807) is 6.92 Å². The molecule has 0 radical (unpaired) electrons. The van der Waals surface area contributed by atoms with Crippen LogP contribution in [0.15, 0.2) is 23.1 Å². The van der Waals surface area contributed by atoms with E-state index in [1.165, 1.54) is 12.1 Å². The van der Waals surface area contributed by atoms with E-state index in [2.05, 4.69) is 5.32 Å². The van der Waals surface area contributed by atoms with Gasteiger partial charge in [-0.2, -0.15) is 0 Å². The molecule has 0 aliphatic heterocycles. The first-order valence-corrected chi connectivity index (χ1v) is 8.79. The molecule has 0 spiro atoms. The second-order valence-electron chi connectivity index (χ2n) is 5.36. The minimum Gasteiger partial charge on any atom is -0.452 e. The highest BCUT2D eigenvalue weighted by molar-refractivity contribution is 7.89. The molecule has 23 heavy (non-hydrogen) atoms. The third-order valence-electron chi connectivity index (χ3n) is 3.19. The summed E-state index contributed by atoms with van der Waals surface area (Å²) in [6.45, 7) is 5.01. The van der Waals surface area contributed by atoms with Crippen LogP contribution in [-0.4, -0.2) is 32.9 Å². The topological polar surface area (TPSA) is 116 Å². The number of aryl methyl sites for hydroxylation is 1. The smallest absolute Gasteiger partial charge is 0.338 e. The summed E-state index contributed by atoms with van der Waals surface area (Å²) in [6, 6.07) is 4.02. The summed E-state index contributed by atoms with van der Waals surface area (Å²) in [4.78, 5) is 23.4. The van der Waals surface area contributed by atoms with Crippen LogP contribution in [0.5, 0.6) is 0 Å². The lowest BCUT2D eigenvalue weighted by atomic mass is 10.1. The second-order valence-corrected chi connectivity index (χ2v) is 6.89. The maximum atomic E-state index is 11.9. The summed E-state index contributed by atoms with van der Waals surface area (Å²) in [5.74, 6) is -1.19. The summed E-state index contributed by atoms with van der Waals surface area (Å²) >= 11 is 0. The third-order valence-corrected chi connectivity index (χ3v) is 4.25. The molecule has 0 aliphatic rings. The Morgan fingerprint density at radius 2 is 2.00 bits per heavy atom. The molecule has 0 heterocycles. The number of nitrogens with two attached hydrogens (primary N) is 1. The molecule has 1 aromatic carbocycles. The molecule has 0 aromatic heterocycles. The van der Waals surface area contributed by atoms with E-state index in [0.717, 1.165) is 18.9 Å². The Hall–Kier alpha value is -1.93. The predicted octanol–water partition coefficient (Wildman–Crippen LogP) is 1.10. The summed E-state index contributed by atoms with van der Waals surface area (Å²) in [6.07, 6.45) is 1.76. The van der Waals surface area contributed by atoms with Crippen LogP contribution >= 0.6 is 0 Å². The Labute approximate surface area is 136 Å². The Morgan fingerprint density at radius 3 is 2.57 bits per heavy atom. The van der Waals surface area contributed by atoms with Gasteiger partial charge >= 0.3 is 5.97 Å². The third kappa shape index (κ3) is 5.99. The lowest BCUT2D eigenvalue weighted by molar-refractivity contribution is -0.124. The van der Waals surface area contributed by atoms with Crippen LogP contribution in [0.4, 0.5) is 0 Å². The second kappa shape index (κ2) is 8.07. The van der Waals surface area contributed by atoms with E-state index in [4.69, 9.17) is 9.88 Å². The Morgan fingerprint density at radius 1 is 1.35 bits per heavy atom. The van der Waals surface area contributed by atoms with Crippen LogP contribution in [0.2, 0.25) is 0 Å². The van der Waals surface area contributed by atoms with Crippen LogP contribution in [0.25, 0.3) is 0 Å². The van der Waals surface area contributed by atoms with Crippen molar-refractivity contribution in [2.45, 2.75) is 44.6 Å². The van der Waals surface area contributed by atoms with E-state index in [0.29, 0.717) is 5.56 Å². The van der Waals surface area contributed by atoms with Crippen molar-refractivity contribution in [2.75, 3.05) is 6.61 Å². The zero-order valence-corrected chi connectivity index (χ0v) is 14.3. The first-order valence-electron chi connectivity index (χ1n) is 7.25. The van der Waals surface area contributed by atoms with Crippen LogP contribution in [0.1, 0.15) is 42.6 Å². The van der Waals surface area contributed by atoms with Gasteiger partial charge in [0.1, 0.15) is 0 Å². The van der Waals surface area contributed by atoms with Crippen LogP contribution < -0.4 is 10.5 Å². The van der Waals surface area contributed by atoms with Crippen molar-refractivity contribution in [1.29, 1.82) is 0 Å². The number of hydrogen-bond donors (Lipinski definition) is 2. The van der Waals surface area contributed by atoms with Crippen LogP contribution in [-0.2, 0) is 19.6 Å². The van der Waals surface area contributed by atoms with Gasteiger partial charge in [-0.1, -0.05) is 19.4 Å². The van der Waals surface area contributed by atoms with Gasteiger partial charge < -0.3 is 10.1 Å². The molecule has 128 valence electrons. The summed E-state index contributed by atoms with van der Waals surface area (Å²) < 4.78 is 27.8. The molecule has 1 unspecified atom stereocenters. The molecule has 7 nitrogen and oxygen atoms in total. The van der Waals surface area contributed by atoms with Crippen LogP contribution in [0, 0.1) is 6.92 Å². The van der Waals surface area contributed by atoms with Crippen LogP contribution in [0.3, 0.4) is 0 Å². The Balaban J connectivity index is 2.71. The largest absolute Gasteiger partial charge is 0.452 e. The number of esters is 1. The highest BCUT2D eigenvalue weighted by Gasteiger charge is 2.17. The molecule has 0 saturated heterocycles. The quantitative estimate of drug-likeness (QED) is 0.720. The molecule has 0 bridgehead atoms. The maximum Gasteiger partial charge on any atom is 0.338 e. The lowest BCUT2D eigenvalue weighted by Gasteiger charge is -2.13. The van der Waals surface area contributed by atoms with Gasteiger partial charge in [-0.05, 0) is 38.0 Å². The SMILES string of the molecule is CCCC(C)NC(=O)COC(=O)c1ccc(C)c(S(N)(=O)=O)c1. The minimum atomic E-state index is -3.93. The van der Waals surface area contributed by atoms with Crippen molar-refractivity contribution in [3.8, 4) is 0 Å². The number of hydrogen-bond acceptors (Lipinski definition) is 5. The van der Waals surface area contributed by atoms with Gasteiger partial charge in [0.05, 0.1) is 10.5 Å². The van der Waals surface area contributed by atoms with Gasteiger partial charge in [-0.15, -0.1) is 0 Å². The molecule has 0 fully saturated rings.